The number of rotatable bonds is 6. The highest BCUT2D eigenvalue weighted by Crippen LogP contribution is 2.23. The van der Waals surface area contributed by atoms with Crippen LogP contribution >= 0.6 is 0 Å². The molecule has 0 aliphatic heterocycles. The zero-order valence-electron chi connectivity index (χ0n) is 12.1. The highest BCUT2D eigenvalue weighted by Gasteiger charge is 2.18. The third-order valence-electron chi connectivity index (χ3n) is 3.03. The molecule has 1 aromatic carbocycles. The molecule has 6 heteroatoms. The summed E-state index contributed by atoms with van der Waals surface area (Å²) >= 11 is 0. The number of sulfonamides is 1. The van der Waals surface area contributed by atoms with E-state index in [-0.39, 0.29) is 4.90 Å². The average Bonchev–Trinajstić information content (AvgIpc) is 2.48. The van der Waals surface area contributed by atoms with Gasteiger partial charge in [0.15, 0.2) is 0 Å². The quantitative estimate of drug-likeness (QED) is 0.861. The van der Waals surface area contributed by atoms with Gasteiger partial charge in [-0.25, -0.2) is 8.42 Å². The molecule has 21 heavy (non-hydrogen) atoms. The maximum Gasteiger partial charge on any atom is 0.265 e. The molecule has 0 saturated carbocycles. The van der Waals surface area contributed by atoms with Crippen LogP contribution in [0, 0.1) is 0 Å². The fourth-order valence-electron chi connectivity index (χ4n) is 2.00. The fourth-order valence-corrected chi connectivity index (χ4v) is 3.17. The molecular weight excluding hydrogens is 286 g/mol. The van der Waals surface area contributed by atoms with Crippen LogP contribution in [0.2, 0.25) is 0 Å². The maximum absolute atomic E-state index is 12.5. The Labute approximate surface area is 125 Å². The summed E-state index contributed by atoms with van der Waals surface area (Å²) in [6, 6.07) is 9.03. The van der Waals surface area contributed by atoms with Gasteiger partial charge in [0.25, 0.3) is 10.0 Å². The molecule has 0 unspecified atom stereocenters. The number of hydrogen-bond acceptors (Lipinski definition) is 4. The smallest absolute Gasteiger partial charge is 0.265 e. The molecule has 0 atom stereocenters. The molecule has 1 heterocycles. The average molecular weight is 305 g/mol. The van der Waals surface area contributed by atoms with Crippen molar-refractivity contribution in [1.29, 1.82) is 0 Å². The first-order valence-corrected chi connectivity index (χ1v) is 8.34. The van der Waals surface area contributed by atoms with Crippen LogP contribution in [0.4, 0.5) is 11.4 Å². The van der Waals surface area contributed by atoms with Gasteiger partial charge in [-0.05, 0) is 37.1 Å². The normalized spacial score (nSPS) is 11.1. The largest absolute Gasteiger partial charge is 0.384 e. The van der Waals surface area contributed by atoms with E-state index >= 15 is 0 Å². The van der Waals surface area contributed by atoms with Crippen LogP contribution in [0.15, 0.2) is 47.6 Å². The van der Waals surface area contributed by atoms with Crippen LogP contribution in [-0.2, 0) is 16.4 Å². The van der Waals surface area contributed by atoms with Gasteiger partial charge in [0.2, 0.25) is 0 Å². The predicted molar refractivity (Wildman–Crippen MR) is 85.0 cm³/mol. The monoisotopic (exact) mass is 305 g/mol. The summed E-state index contributed by atoms with van der Waals surface area (Å²) in [5.74, 6) is 0. The Morgan fingerprint density at radius 1 is 1.19 bits per heavy atom. The Hall–Kier alpha value is -2.08. The van der Waals surface area contributed by atoms with E-state index in [2.05, 4.69) is 15.0 Å². The summed E-state index contributed by atoms with van der Waals surface area (Å²) in [6.07, 6.45) is 3.77. The van der Waals surface area contributed by atoms with Crippen molar-refractivity contribution in [3.05, 3.63) is 48.3 Å². The second kappa shape index (κ2) is 6.58. The number of pyridine rings is 1. The Morgan fingerprint density at radius 3 is 2.71 bits per heavy atom. The number of hydrogen-bond donors (Lipinski definition) is 2. The maximum atomic E-state index is 12.5. The van der Waals surface area contributed by atoms with Gasteiger partial charge in [-0.2, -0.15) is 0 Å². The number of aryl methyl sites for hydroxylation is 1. The second-order valence-electron chi connectivity index (χ2n) is 4.56. The molecule has 0 bridgehead atoms. The number of anilines is 2. The summed E-state index contributed by atoms with van der Waals surface area (Å²) < 4.78 is 27.6. The first kappa shape index (κ1) is 15.3. The molecule has 5 nitrogen and oxygen atoms in total. The van der Waals surface area contributed by atoms with Gasteiger partial charge in [0.1, 0.15) is 4.90 Å². The zero-order chi connectivity index (χ0) is 15.3. The Morgan fingerprint density at radius 2 is 2.00 bits per heavy atom. The number of benzene rings is 1. The van der Waals surface area contributed by atoms with Crippen molar-refractivity contribution < 1.29 is 8.42 Å². The van der Waals surface area contributed by atoms with Crippen LogP contribution < -0.4 is 10.0 Å². The lowest BCUT2D eigenvalue weighted by Crippen LogP contribution is -2.15. The van der Waals surface area contributed by atoms with Crippen molar-refractivity contribution in [3.8, 4) is 0 Å². The highest BCUT2D eigenvalue weighted by atomic mass is 32.2. The lowest BCUT2D eigenvalue weighted by Gasteiger charge is -2.13. The van der Waals surface area contributed by atoms with E-state index in [1.54, 1.807) is 18.3 Å². The van der Waals surface area contributed by atoms with Crippen LogP contribution in [0.1, 0.15) is 19.4 Å². The van der Waals surface area contributed by atoms with Crippen molar-refractivity contribution >= 4 is 21.4 Å². The van der Waals surface area contributed by atoms with E-state index in [1.165, 1.54) is 6.20 Å². The Bertz CT molecular complexity index is 714. The summed E-state index contributed by atoms with van der Waals surface area (Å²) in [4.78, 5) is 4.06. The molecular formula is C15H19N3O2S. The van der Waals surface area contributed by atoms with Crippen LogP contribution in [0.5, 0.6) is 0 Å². The lowest BCUT2D eigenvalue weighted by atomic mass is 10.1. The van der Waals surface area contributed by atoms with Gasteiger partial charge in [0, 0.05) is 24.6 Å². The second-order valence-corrected chi connectivity index (χ2v) is 6.21. The summed E-state index contributed by atoms with van der Waals surface area (Å²) in [5.41, 5.74) is 2.18. The van der Waals surface area contributed by atoms with Crippen LogP contribution in [-0.4, -0.2) is 19.9 Å². The van der Waals surface area contributed by atoms with Crippen molar-refractivity contribution in [1.82, 2.24) is 4.98 Å². The Balaban J connectivity index is 2.34. The van der Waals surface area contributed by atoms with Gasteiger partial charge in [-0.1, -0.05) is 19.1 Å². The topological polar surface area (TPSA) is 71.1 Å². The molecule has 112 valence electrons. The minimum atomic E-state index is -3.67. The van der Waals surface area contributed by atoms with Crippen molar-refractivity contribution in [2.45, 2.75) is 25.2 Å². The predicted octanol–water partition coefficient (Wildman–Crippen LogP) is 2.88. The number of aromatic nitrogens is 1. The third-order valence-corrected chi connectivity index (χ3v) is 4.44. The lowest BCUT2D eigenvalue weighted by molar-refractivity contribution is 0.601. The third kappa shape index (κ3) is 3.72. The van der Waals surface area contributed by atoms with Crippen LogP contribution in [0.3, 0.4) is 0 Å². The number of nitrogens with zero attached hydrogens (tertiary/aromatic N) is 1. The van der Waals surface area contributed by atoms with Crippen molar-refractivity contribution in [2.24, 2.45) is 0 Å². The minimum Gasteiger partial charge on any atom is -0.384 e. The van der Waals surface area contributed by atoms with E-state index in [1.807, 2.05) is 32.0 Å². The first-order chi connectivity index (χ1) is 10.1. The van der Waals surface area contributed by atoms with E-state index in [9.17, 15) is 8.42 Å². The van der Waals surface area contributed by atoms with Gasteiger partial charge >= 0.3 is 0 Å². The zero-order valence-corrected chi connectivity index (χ0v) is 12.9. The van der Waals surface area contributed by atoms with Gasteiger partial charge in [0.05, 0.1) is 5.69 Å². The first-order valence-electron chi connectivity index (χ1n) is 6.86. The minimum absolute atomic E-state index is 0.147. The molecule has 0 radical (unpaired) electrons. The molecule has 2 rings (SSSR count). The Kier molecular flexibility index (Phi) is 4.80. The molecule has 0 fully saturated rings. The highest BCUT2D eigenvalue weighted by molar-refractivity contribution is 7.92. The molecule has 2 N–H and O–H groups in total. The summed E-state index contributed by atoms with van der Waals surface area (Å²) in [5, 5.41) is 3.03. The molecule has 0 saturated heterocycles. The van der Waals surface area contributed by atoms with Gasteiger partial charge in [-0.3, -0.25) is 9.71 Å². The van der Waals surface area contributed by atoms with E-state index in [0.29, 0.717) is 17.9 Å². The SMILES string of the molecule is CCNc1ccncc1S(=O)(=O)Nc1cccc(CC)c1. The van der Waals surface area contributed by atoms with E-state index in [0.717, 1.165) is 12.0 Å². The molecule has 2 aromatic rings. The standard InChI is InChI=1S/C15H19N3O2S/c1-3-12-6-5-7-13(10-12)18-21(19,20)15-11-16-9-8-14(15)17-4-2/h5-11,18H,3-4H2,1-2H3,(H,16,17). The molecule has 0 spiro atoms. The fraction of sp³-hybridized carbons (Fsp3) is 0.267. The molecule has 0 amide bonds. The molecule has 1 aromatic heterocycles. The van der Waals surface area contributed by atoms with Crippen molar-refractivity contribution in [2.75, 3.05) is 16.6 Å². The van der Waals surface area contributed by atoms with E-state index in [4.69, 9.17) is 0 Å². The molecule has 0 aliphatic carbocycles. The molecule has 0 aliphatic rings. The van der Waals surface area contributed by atoms with Gasteiger partial charge < -0.3 is 5.32 Å². The van der Waals surface area contributed by atoms with Gasteiger partial charge in [-0.15, -0.1) is 0 Å². The summed E-state index contributed by atoms with van der Waals surface area (Å²) in [6.45, 7) is 4.57. The number of nitrogens with one attached hydrogen (secondary N) is 2. The van der Waals surface area contributed by atoms with E-state index < -0.39 is 10.0 Å². The summed E-state index contributed by atoms with van der Waals surface area (Å²) in [7, 11) is -3.67. The van der Waals surface area contributed by atoms with Crippen molar-refractivity contribution in [3.63, 3.8) is 0 Å². The van der Waals surface area contributed by atoms with Crippen LogP contribution in [0.25, 0.3) is 0 Å².